The zero-order valence-electron chi connectivity index (χ0n) is 14.7. The molecule has 0 spiro atoms. The Morgan fingerprint density at radius 2 is 1.79 bits per heavy atom. The van der Waals surface area contributed by atoms with E-state index in [0.29, 0.717) is 5.91 Å². The number of nitrogens with zero attached hydrogens (tertiary/aromatic N) is 2. The van der Waals surface area contributed by atoms with E-state index in [1.807, 2.05) is 36.9 Å². The van der Waals surface area contributed by atoms with Gasteiger partial charge >= 0.3 is 0 Å². The Morgan fingerprint density at radius 3 is 2.46 bits per heavy atom. The number of hydrogen-bond donors (Lipinski definition) is 0. The normalized spacial score (nSPS) is 19.6. The molecule has 0 aromatic heterocycles. The second-order valence-electron chi connectivity index (χ2n) is 6.83. The zero-order chi connectivity index (χ0) is 16.9. The average Bonchev–Trinajstić information content (AvgIpc) is 2.62. The van der Waals surface area contributed by atoms with Crippen LogP contribution in [0.15, 0.2) is 24.3 Å². The Labute approximate surface area is 144 Å². The molecule has 0 bridgehead atoms. The van der Waals surface area contributed by atoms with Gasteiger partial charge in [-0.2, -0.15) is 0 Å². The van der Waals surface area contributed by atoms with Gasteiger partial charge in [0, 0.05) is 45.3 Å². The molecule has 2 aliphatic rings. The Hall–Kier alpha value is -1.75. The second kappa shape index (κ2) is 7.88. The Bertz CT molecular complexity index is 547. The molecule has 0 N–H and O–H groups in total. The van der Waals surface area contributed by atoms with Crippen molar-refractivity contribution in [3.8, 4) is 5.75 Å². The van der Waals surface area contributed by atoms with Gasteiger partial charge in [-0.3, -0.25) is 4.79 Å². The van der Waals surface area contributed by atoms with E-state index >= 15 is 0 Å². The van der Waals surface area contributed by atoms with Crippen molar-refractivity contribution in [2.24, 2.45) is 5.92 Å². The number of carbonyl (C=O) groups is 1. The number of carbonyl (C=O) groups excluding carboxylic acids is 1. The van der Waals surface area contributed by atoms with Gasteiger partial charge in [0.25, 0.3) is 0 Å². The maximum atomic E-state index is 12.6. The van der Waals surface area contributed by atoms with Crippen LogP contribution in [0.25, 0.3) is 0 Å². The number of ether oxygens (including phenoxy) is 2. The summed E-state index contributed by atoms with van der Waals surface area (Å²) in [6, 6.07) is 8.18. The molecular formula is C19H28N2O3. The molecule has 1 amide bonds. The van der Waals surface area contributed by atoms with Crippen LogP contribution in [0, 0.1) is 5.92 Å². The van der Waals surface area contributed by atoms with Crippen LogP contribution in [-0.2, 0) is 9.53 Å². The molecule has 0 saturated carbocycles. The number of rotatable bonds is 4. The van der Waals surface area contributed by atoms with Crippen LogP contribution in [0.1, 0.15) is 26.7 Å². The highest BCUT2D eigenvalue weighted by molar-refractivity contribution is 5.79. The third-order valence-electron chi connectivity index (χ3n) is 4.73. The molecule has 0 radical (unpaired) electrons. The predicted molar refractivity (Wildman–Crippen MR) is 94.5 cm³/mol. The fraction of sp³-hybridized carbons (Fsp3) is 0.632. The average molecular weight is 332 g/mol. The fourth-order valence-corrected chi connectivity index (χ4v) is 3.44. The standard InChI is InChI=1S/C19H28N2O3/c1-15(2)24-18-6-4-3-5-17(18)20-9-11-21(12-10-20)19(22)16-7-13-23-14-8-16/h3-6,15-16H,7-14H2,1-2H3. The SMILES string of the molecule is CC(C)Oc1ccccc1N1CCN(C(=O)C2CCOCC2)CC1. The monoisotopic (exact) mass is 332 g/mol. The second-order valence-corrected chi connectivity index (χ2v) is 6.83. The topological polar surface area (TPSA) is 42.0 Å². The molecule has 1 aromatic rings. The molecule has 5 heteroatoms. The molecule has 0 atom stereocenters. The molecule has 1 aromatic carbocycles. The van der Waals surface area contributed by atoms with E-state index in [9.17, 15) is 4.79 Å². The van der Waals surface area contributed by atoms with Gasteiger partial charge in [-0.15, -0.1) is 0 Å². The van der Waals surface area contributed by atoms with Crippen LogP contribution in [0.5, 0.6) is 5.75 Å². The minimum Gasteiger partial charge on any atom is -0.489 e. The molecule has 2 heterocycles. The molecule has 0 aliphatic carbocycles. The van der Waals surface area contributed by atoms with E-state index in [-0.39, 0.29) is 12.0 Å². The zero-order valence-corrected chi connectivity index (χ0v) is 14.7. The highest BCUT2D eigenvalue weighted by atomic mass is 16.5. The quantitative estimate of drug-likeness (QED) is 0.850. The van der Waals surface area contributed by atoms with E-state index in [2.05, 4.69) is 11.0 Å². The van der Waals surface area contributed by atoms with Crippen molar-refractivity contribution < 1.29 is 14.3 Å². The van der Waals surface area contributed by atoms with Crippen molar-refractivity contribution >= 4 is 11.6 Å². The highest BCUT2D eigenvalue weighted by Gasteiger charge is 2.29. The number of piperazine rings is 1. The van der Waals surface area contributed by atoms with Gasteiger partial charge in [-0.25, -0.2) is 0 Å². The molecular weight excluding hydrogens is 304 g/mol. The van der Waals surface area contributed by atoms with Crippen LogP contribution >= 0.6 is 0 Å². The van der Waals surface area contributed by atoms with Gasteiger partial charge in [0.2, 0.25) is 5.91 Å². The van der Waals surface area contributed by atoms with Crippen molar-refractivity contribution in [1.82, 2.24) is 4.90 Å². The van der Waals surface area contributed by atoms with Gasteiger partial charge < -0.3 is 19.3 Å². The lowest BCUT2D eigenvalue weighted by molar-refractivity contribution is -0.138. The largest absolute Gasteiger partial charge is 0.489 e. The smallest absolute Gasteiger partial charge is 0.225 e. The Balaban J connectivity index is 1.60. The van der Waals surface area contributed by atoms with Crippen LogP contribution in [0.2, 0.25) is 0 Å². The van der Waals surface area contributed by atoms with Crippen LogP contribution in [0.4, 0.5) is 5.69 Å². The van der Waals surface area contributed by atoms with Gasteiger partial charge in [0.1, 0.15) is 5.75 Å². The van der Waals surface area contributed by atoms with E-state index < -0.39 is 0 Å². The number of hydrogen-bond acceptors (Lipinski definition) is 4. The maximum absolute atomic E-state index is 12.6. The number of amides is 1. The Kier molecular flexibility index (Phi) is 5.61. The van der Waals surface area contributed by atoms with Crippen molar-refractivity contribution in [1.29, 1.82) is 0 Å². The Morgan fingerprint density at radius 1 is 1.12 bits per heavy atom. The van der Waals surface area contributed by atoms with Gasteiger partial charge in [0.05, 0.1) is 11.8 Å². The first-order valence-corrected chi connectivity index (χ1v) is 9.02. The summed E-state index contributed by atoms with van der Waals surface area (Å²) in [5, 5.41) is 0. The van der Waals surface area contributed by atoms with Gasteiger partial charge in [-0.05, 0) is 38.8 Å². The molecule has 5 nitrogen and oxygen atoms in total. The molecule has 24 heavy (non-hydrogen) atoms. The molecule has 3 rings (SSSR count). The third kappa shape index (κ3) is 4.01. The lowest BCUT2D eigenvalue weighted by Crippen LogP contribution is -2.51. The van der Waals surface area contributed by atoms with E-state index in [1.54, 1.807) is 0 Å². The van der Waals surface area contributed by atoms with Crippen molar-refractivity contribution in [2.45, 2.75) is 32.8 Å². The minimum atomic E-state index is 0.155. The predicted octanol–water partition coefficient (Wildman–Crippen LogP) is 2.55. The summed E-state index contributed by atoms with van der Waals surface area (Å²) >= 11 is 0. The number of para-hydroxylation sites is 2. The van der Waals surface area contributed by atoms with Gasteiger partial charge in [-0.1, -0.05) is 12.1 Å². The first-order valence-electron chi connectivity index (χ1n) is 9.02. The van der Waals surface area contributed by atoms with Crippen LogP contribution in [-0.4, -0.2) is 56.3 Å². The summed E-state index contributed by atoms with van der Waals surface area (Å²) in [6.45, 7) is 8.80. The summed E-state index contributed by atoms with van der Waals surface area (Å²) < 4.78 is 11.3. The summed E-state index contributed by atoms with van der Waals surface area (Å²) in [4.78, 5) is 17.0. The number of anilines is 1. The van der Waals surface area contributed by atoms with Crippen molar-refractivity contribution in [3.63, 3.8) is 0 Å². The highest BCUT2D eigenvalue weighted by Crippen LogP contribution is 2.30. The lowest BCUT2D eigenvalue weighted by Gasteiger charge is -2.38. The van der Waals surface area contributed by atoms with E-state index in [0.717, 1.165) is 63.7 Å². The van der Waals surface area contributed by atoms with Crippen LogP contribution in [0.3, 0.4) is 0 Å². The van der Waals surface area contributed by atoms with Crippen molar-refractivity contribution in [3.05, 3.63) is 24.3 Å². The summed E-state index contributed by atoms with van der Waals surface area (Å²) in [5.41, 5.74) is 1.13. The summed E-state index contributed by atoms with van der Waals surface area (Å²) in [7, 11) is 0. The molecule has 0 unspecified atom stereocenters. The number of benzene rings is 1. The molecule has 132 valence electrons. The first-order chi connectivity index (χ1) is 11.6. The lowest BCUT2D eigenvalue weighted by atomic mass is 9.98. The van der Waals surface area contributed by atoms with E-state index in [1.165, 1.54) is 0 Å². The molecule has 2 aliphatic heterocycles. The molecule has 2 fully saturated rings. The first kappa shape index (κ1) is 17.1. The van der Waals surface area contributed by atoms with Gasteiger partial charge in [0.15, 0.2) is 0 Å². The summed E-state index contributed by atoms with van der Waals surface area (Å²) in [6.07, 6.45) is 1.89. The van der Waals surface area contributed by atoms with E-state index in [4.69, 9.17) is 9.47 Å². The minimum absolute atomic E-state index is 0.155. The maximum Gasteiger partial charge on any atom is 0.225 e. The van der Waals surface area contributed by atoms with Crippen molar-refractivity contribution in [2.75, 3.05) is 44.3 Å². The third-order valence-corrected chi connectivity index (χ3v) is 4.73. The van der Waals surface area contributed by atoms with Crippen LogP contribution < -0.4 is 9.64 Å². The summed E-state index contributed by atoms with van der Waals surface area (Å²) in [5.74, 6) is 1.39. The molecule has 2 saturated heterocycles. The fourth-order valence-electron chi connectivity index (χ4n) is 3.44.